The summed E-state index contributed by atoms with van der Waals surface area (Å²) in [6, 6.07) is 0. The lowest BCUT2D eigenvalue weighted by molar-refractivity contribution is -0.144. The van der Waals surface area contributed by atoms with Gasteiger partial charge in [-0.15, -0.1) is 16.4 Å². The molecule has 3 aromatic rings. The molecule has 1 aliphatic heterocycles. The maximum absolute atomic E-state index is 13.1. The zero-order valence-corrected chi connectivity index (χ0v) is 18.7. The first kappa shape index (κ1) is 19.7. The summed E-state index contributed by atoms with van der Waals surface area (Å²) in [7, 11) is 0. The van der Waals surface area contributed by atoms with E-state index in [0.717, 1.165) is 29.5 Å². The summed E-state index contributed by atoms with van der Waals surface area (Å²) in [5.74, 6) is 1.17. The lowest BCUT2D eigenvalue weighted by atomic mass is 9.89. The zero-order valence-electron chi connectivity index (χ0n) is 17.8. The van der Waals surface area contributed by atoms with E-state index >= 15 is 0 Å². The van der Waals surface area contributed by atoms with E-state index in [-0.39, 0.29) is 30.3 Å². The van der Waals surface area contributed by atoms with Crippen LogP contribution >= 0.6 is 11.3 Å². The summed E-state index contributed by atoms with van der Waals surface area (Å²) in [6.07, 6.45) is 3.15. The predicted molar refractivity (Wildman–Crippen MR) is 115 cm³/mol. The molecule has 0 unspecified atom stereocenters. The number of carbonyl (C=O) groups excluding carboxylic acids is 1. The highest BCUT2D eigenvalue weighted by Gasteiger charge is 2.28. The fourth-order valence-electron chi connectivity index (χ4n) is 4.82. The van der Waals surface area contributed by atoms with Crippen molar-refractivity contribution in [2.24, 2.45) is 5.92 Å². The van der Waals surface area contributed by atoms with Gasteiger partial charge in [0, 0.05) is 18.0 Å². The number of morpholine rings is 1. The molecule has 4 heterocycles. The number of nitrogens with zero attached hydrogens (tertiary/aromatic N) is 5. The standard InChI is InChI=1S/C21H27N5O3S/c1-11-5-6-15-16(7-11)30-20-18(15)19-23-25(21(28)26(19)14(4)22-20)10-17(27)24-8-12(2)29-13(3)9-24/h11-13H,5-10H2,1-4H3/t11-,12-,13+/m1/s1. The van der Waals surface area contributed by atoms with Crippen LogP contribution in [0.25, 0.3) is 15.9 Å². The SMILES string of the molecule is Cc1nc2sc3c(c2c2nn(CC(=O)N4C[C@@H](C)O[C@@H](C)C4)c(=O)n12)CC[C@@H](C)C3. The van der Waals surface area contributed by atoms with Crippen LogP contribution in [0.15, 0.2) is 4.79 Å². The van der Waals surface area contributed by atoms with Crippen LogP contribution in [0, 0.1) is 12.8 Å². The molecule has 1 aliphatic carbocycles. The first-order chi connectivity index (χ1) is 14.3. The van der Waals surface area contributed by atoms with Crippen LogP contribution in [0.5, 0.6) is 0 Å². The predicted octanol–water partition coefficient (Wildman–Crippen LogP) is 2.17. The lowest BCUT2D eigenvalue weighted by Gasteiger charge is -2.35. The Labute approximate surface area is 178 Å². The van der Waals surface area contributed by atoms with Gasteiger partial charge < -0.3 is 9.64 Å². The van der Waals surface area contributed by atoms with Gasteiger partial charge in [0.05, 0.1) is 17.6 Å². The van der Waals surface area contributed by atoms with Crippen molar-refractivity contribution in [3.63, 3.8) is 0 Å². The molecule has 160 valence electrons. The summed E-state index contributed by atoms with van der Waals surface area (Å²) < 4.78 is 8.57. The third-order valence-corrected chi connectivity index (χ3v) is 7.35. The Morgan fingerprint density at radius 3 is 2.70 bits per heavy atom. The molecule has 0 bridgehead atoms. The number of carbonyl (C=O) groups is 1. The number of rotatable bonds is 2. The van der Waals surface area contributed by atoms with Crippen LogP contribution in [0.3, 0.4) is 0 Å². The fourth-order valence-corrected chi connectivity index (χ4v) is 6.24. The molecule has 1 saturated heterocycles. The maximum Gasteiger partial charge on any atom is 0.352 e. The highest BCUT2D eigenvalue weighted by Crippen LogP contribution is 2.38. The van der Waals surface area contributed by atoms with Gasteiger partial charge in [-0.05, 0) is 51.5 Å². The molecule has 9 heteroatoms. The summed E-state index contributed by atoms with van der Waals surface area (Å²) in [6.45, 7) is 9.02. The molecule has 30 heavy (non-hydrogen) atoms. The number of fused-ring (bicyclic) bond motifs is 5. The number of hydrogen-bond acceptors (Lipinski definition) is 6. The topological polar surface area (TPSA) is 81.7 Å². The van der Waals surface area contributed by atoms with Gasteiger partial charge >= 0.3 is 5.69 Å². The normalized spacial score (nSPS) is 24.5. The number of ether oxygens (including phenoxy) is 1. The highest BCUT2D eigenvalue weighted by atomic mass is 32.1. The first-order valence-electron chi connectivity index (χ1n) is 10.7. The van der Waals surface area contributed by atoms with E-state index in [4.69, 9.17) is 9.72 Å². The Hall–Kier alpha value is -2.26. The molecule has 0 saturated carbocycles. The van der Waals surface area contributed by atoms with Crippen LogP contribution in [-0.2, 0) is 28.9 Å². The first-order valence-corrected chi connectivity index (χ1v) is 11.5. The second kappa shape index (κ2) is 7.16. The Kier molecular flexibility index (Phi) is 4.70. The molecule has 1 amide bonds. The summed E-state index contributed by atoms with van der Waals surface area (Å²) in [5, 5.41) is 5.62. The van der Waals surface area contributed by atoms with Gasteiger partial charge in [0.2, 0.25) is 5.91 Å². The molecule has 8 nitrogen and oxygen atoms in total. The third-order valence-electron chi connectivity index (χ3n) is 6.20. The van der Waals surface area contributed by atoms with Gasteiger partial charge in [-0.3, -0.25) is 4.79 Å². The maximum atomic E-state index is 13.1. The van der Waals surface area contributed by atoms with Crippen molar-refractivity contribution in [3.8, 4) is 0 Å². The number of aryl methyl sites for hydroxylation is 2. The molecule has 0 spiro atoms. The minimum absolute atomic E-state index is 0.0127. The number of aromatic nitrogens is 4. The Balaban J connectivity index is 1.56. The second-order valence-electron chi connectivity index (χ2n) is 8.85. The van der Waals surface area contributed by atoms with Crippen molar-refractivity contribution < 1.29 is 9.53 Å². The molecule has 1 fully saturated rings. The van der Waals surface area contributed by atoms with E-state index in [1.807, 2.05) is 20.8 Å². The smallest absolute Gasteiger partial charge is 0.352 e. The molecular formula is C21H27N5O3S. The van der Waals surface area contributed by atoms with Crippen molar-refractivity contribution in [2.75, 3.05) is 13.1 Å². The van der Waals surface area contributed by atoms with Gasteiger partial charge in [0.15, 0.2) is 5.65 Å². The van der Waals surface area contributed by atoms with E-state index in [9.17, 15) is 9.59 Å². The van der Waals surface area contributed by atoms with E-state index in [1.165, 1.54) is 15.1 Å². The van der Waals surface area contributed by atoms with Gasteiger partial charge in [-0.25, -0.2) is 18.9 Å². The molecule has 5 rings (SSSR count). The average Bonchev–Trinajstić information content (AvgIpc) is 3.18. The van der Waals surface area contributed by atoms with Gasteiger partial charge in [0.25, 0.3) is 0 Å². The monoisotopic (exact) mass is 429 g/mol. The van der Waals surface area contributed by atoms with Crippen LogP contribution in [0.1, 0.15) is 43.5 Å². The summed E-state index contributed by atoms with van der Waals surface area (Å²) in [5.41, 5.74) is 1.61. The van der Waals surface area contributed by atoms with E-state index in [0.29, 0.717) is 30.5 Å². The van der Waals surface area contributed by atoms with Gasteiger partial charge in [0.1, 0.15) is 17.2 Å². The van der Waals surface area contributed by atoms with Crippen molar-refractivity contribution in [3.05, 3.63) is 26.7 Å². The molecule has 0 radical (unpaired) electrons. The molecule has 0 aromatic carbocycles. The van der Waals surface area contributed by atoms with Crippen molar-refractivity contribution in [1.82, 2.24) is 24.1 Å². The Morgan fingerprint density at radius 2 is 1.97 bits per heavy atom. The molecule has 0 N–H and O–H groups in total. The second-order valence-corrected chi connectivity index (χ2v) is 9.93. The summed E-state index contributed by atoms with van der Waals surface area (Å²) >= 11 is 1.72. The van der Waals surface area contributed by atoms with E-state index < -0.39 is 0 Å². The number of amides is 1. The third kappa shape index (κ3) is 3.15. The molecule has 2 aliphatic rings. The summed E-state index contributed by atoms with van der Waals surface area (Å²) in [4.78, 5) is 34.8. The van der Waals surface area contributed by atoms with E-state index in [1.54, 1.807) is 20.6 Å². The Bertz CT molecular complexity index is 1200. The minimum atomic E-state index is -0.302. The molecular weight excluding hydrogens is 402 g/mol. The molecule has 3 aromatic heterocycles. The van der Waals surface area contributed by atoms with Crippen LogP contribution in [0.4, 0.5) is 0 Å². The van der Waals surface area contributed by atoms with Crippen molar-refractivity contribution in [2.45, 2.75) is 65.7 Å². The molecule has 3 atom stereocenters. The quantitative estimate of drug-likeness (QED) is 0.624. The van der Waals surface area contributed by atoms with Crippen molar-refractivity contribution in [1.29, 1.82) is 0 Å². The number of thiophene rings is 1. The lowest BCUT2D eigenvalue weighted by Crippen LogP contribution is -2.49. The highest BCUT2D eigenvalue weighted by molar-refractivity contribution is 7.19. The largest absolute Gasteiger partial charge is 0.372 e. The van der Waals surface area contributed by atoms with E-state index in [2.05, 4.69) is 12.0 Å². The Morgan fingerprint density at radius 1 is 1.23 bits per heavy atom. The van der Waals surface area contributed by atoms with Crippen LogP contribution < -0.4 is 5.69 Å². The minimum Gasteiger partial charge on any atom is -0.372 e. The fraction of sp³-hybridized carbons (Fsp3) is 0.619. The van der Waals surface area contributed by atoms with Crippen molar-refractivity contribution >= 4 is 33.1 Å². The average molecular weight is 430 g/mol. The van der Waals surface area contributed by atoms with Crippen LogP contribution in [-0.4, -0.2) is 55.3 Å². The number of hydrogen-bond donors (Lipinski definition) is 0. The van der Waals surface area contributed by atoms with Crippen LogP contribution in [0.2, 0.25) is 0 Å². The van der Waals surface area contributed by atoms with Gasteiger partial charge in [-0.2, -0.15) is 0 Å². The zero-order chi connectivity index (χ0) is 21.2. The van der Waals surface area contributed by atoms with Gasteiger partial charge in [-0.1, -0.05) is 6.92 Å².